The highest BCUT2D eigenvalue weighted by atomic mass is 35.5. The van der Waals surface area contributed by atoms with Crippen molar-refractivity contribution >= 4 is 23.2 Å². The summed E-state index contributed by atoms with van der Waals surface area (Å²) in [5.74, 6) is -0.255. The van der Waals surface area contributed by atoms with Gasteiger partial charge in [-0.3, -0.25) is 4.79 Å². The number of nitrogens with two attached hydrogens (primary N) is 1. The standard InChI is InChI=1S/C14H20ClFN2O/c1-9(2)6-10(8-17)7-13(19)18-12-5-3-4-11(15)14(12)16/h3-5,9-10H,6-8,17H2,1-2H3,(H,18,19)/t10-/m0/s1. The number of nitrogens with one attached hydrogen (secondary N) is 1. The molecule has 3 nitrogen and oxygen atoms in total. The molecule has 0 spiro atoms. The Hall–Kier alpha value is -1.13. The minimum absolute atomic E-state index is 0.00430. The van der Waals surface area contributed by atoms with E-state index in [9.17, 15) is 9.18 Å². The first-order valence-corrected chi connectivity index (χ1v) is 6.75. The maximum absolute atomic E-state index is 13.6. The van der Waals surface area contributed by atoms with Gasteiger partial charge < -0.3 is 11.1 Å². The fourth-order valence-corrected chi connectivity index (χ4v) is 2.17. The van der Waals surface area contributed by atoms with Crippen molar-refractivity contribution < 1.29 is 9.18 Å². The predicted octanol–water partition coefficient (Wildman–Crippen LogP) is 3.43. The third-order valence-electron chi connectivity index (χ3n) is 2.84. The van der Waals surface area contributed by atoms with Crippen molar-refractivity contribution in [3.05, 3.63) is 29.0 Å². The van der Waals surface area contributed by atoms with Crippen LogP contribution in [0.25, 0.3) is 0 Å². The first kappa shape index (κ1) is 15.9. The van der Waals surface area contributed by atoms with Crippen molar-refractivity contribution in [1.82, 2.24) is 0 Å². The van der Waals surface area contributed by atoms with Crippen LogP contribution < -0.4 is 11.1 Å². The summed E-state index contributed by atoms with van der Waals surface area (Å²) in [7, 11) is 0. The molecule has 0 saturated carbocycles. The maximum Gasteiger partial charge on any atom is 0.224 e. The van der Waals surface area contributed by atoms with Crippen molar-refractivity contribution in [2.24, 2.45) is 17.6 Å². The van der Waals surface area contributed by atoms with Gasteiger partial charge in [-0.25, -0.2) is 4.39 Å². The van der Waals surface area contributed by atoms with Crippen LogP contribution in [0.3, 0.4) is 0 Å². The third kappa shape index (κ3) is 5.17. The molecule has 3 N–H and O–H groups in total. The number of hydrogen-bond donors (Lipinski definition) is 2. The van der Waals surface area contributed by atoms with Crippen LogP contribution in [0.5, 0.6) is 0 Å². The van der Waals surface area contributed by atoms with Gasteiger partial charge in [0.25, 0.3) is 0 Å². The molecule has 0 aromatic heterocycles. The highest BCUT2D eigenvalue weighted by Gasteiger charge is 2.15. The van der Waals surface area contributed by atoms with E-state index in [1.807, 2.05) is 0 Å². The molecule has 1 rings (SSSR count). The summed E-state index contributed by atoms with van der Waals surface area (Å²) in [6.07, 6.45) is 1.17. The number of carbonyl (C=O) groups is 1. The van der Waals surface area contributed by atoms with E-state index in [0.29, 0.717) is 18.9 Å². The lowest BCUT2D eigenvalue weighted by Gasteiger charge is -2.16. The van der Waals surface area contributed by atoms with Crippen molar-refractivity contribution in [2.75, 3.05) is 11.9 Å². The number of anilines is 1. The molecular weight excluding hydrogens is 267 g/mol. The average Bonchev–Trinajstić information content (AvgIpc) is 2.33. The Bertz CT molecular complexity index is 437. The summed E-state index contributed by atoms with van der Waals surface area (Å²) in [6, 6.07) is 4.52. The van der Waals surface area contributed by atoms with E-state index < -0.39 is 5.82 Å². The maximum atomic E-state index is 13.6. The molecule has 0 saturated heterocycles. The number of amides is 1. The van der Waals surface area contributed by atoms with Crippen LogP contribution in [0, 0.1) is 17.7 Å². The summed E-state index contributed by atoms with van der Waals surface area (Å²) < 4.78 is 13.6. The Morgan fingerprint density at radius 3 is 2.74 bits per heavy atom. The molecule has 1 atom stereocenters. The third-order valence-corrected chi connectivity index (χ3v) is 3.13. The number of benzene rings is 1. The molecule has 0 fully saturated rings. The molecule has 19 heavy (non-hydrogen) atoms. The smallest absolute Gasteiger partial charge is 0.224 e. The van der Waals surface area contributed by atoms with Crippen LogP contribution >= 0.6 is 11.6 Å². The molecule has 106 valence electrons. The fourth-order valence-electron chi connectivity index (χ4n) is 1.99. The Kier molecular flexibility index (Phi) is 6.25. The van der Waals surface area contributed by atoms with Crippen LogP contribution in [0.4, 0.5) is 10.1 Å². The number of hydrogen-bond acceptors (Lipinski definition) is 2. The van der Waals surface area contributed by atoms with Gasteiger partial charge in [-0.15, -0.1) is 0 Å². The largest absolute Gasteiger partial charge is 0.330 e. The molecule has 1 aromatic rings. The summed E-state index contributed by atoms with van der Waals surface area (Å²) in [5, 5.41) is 2.53. The highest BCUT2D eigenvalue weighted by Crippen LogP contribution is 2.23. The lowest BCUT2D eigenvalue weighted by molar-refractivity contribution is -0.117. The Morgan fingerprint density at radius 1 is 1.47 bits per heavy atom. The zero-order chi connectivity index (χ0) is 14.4. The van der Waals surface area contributed by atoms with E-state index >= 15 is 0 Å². The SMILES string of the molecule is CC(C)C[C@H](CN)CC(=O)Nc1cccc(Cl)c1F. The van der Waals surface area contributed by atoms with E-state index in [1.165, 1.54) is 12.1 Å². The van der Waals surface area contributed by atoms with Gasteiger partial charge in [-0.1, -0.05) is 31.5 Å². The highest BCUT2D eigenvalue weighted by molar-refractivity contribution is 6.31. The molecule has 1 amide bonds. The monoisotopic (exact) mass is 286 g/mol. The fraction of sp³-hybridized carbons (Fsp3) is 0.500. The van der Waals surface area contributed by atoms with Crippen molar-refractivity contribution in [3.8, 4) is 0 Å². The molecule has 0 aliphatic rings. The van der Waals surface area contributed by atoms with Gasteiger partial charge in [-0.2, -0.15) is 0 Å². The van der Waals surface area contributed by atoms with Crippen LogP contribution in [0.1, 0.15) is 26.7 Å². The van der Waals surface area contributed by atoms with Gasteiger partial charge in [-0.05, 0) is 36.9 Å². The first-order valence-electron chi connectivity index (χ1n) is 6.38. The number of halogens is 2. The van der Waals surface area contributed by atoms with Crippen LogP contribution in [-0.2, 0) is 4.79 Å². The van der Waals surface area contributed by atoms with E-state index in [4.69, 9.17) is 17.3 Å². The molecular formula is C14H20ClFN2O. The van der Waals surface area contributed by atoms with Gasteiger partial charge in [0.15, 0.2) is 5.82 Å². The van der Waals surface area contributed by atoms with Gasteiger partial charge in [0, 0.05) is 6.42 Å². The van der Waals surface area contributed by atoms with E-state index in [0.717, 1.165) is 6.42 Å². The van der Waals surface area contributed by atoms with Crippen molar-refractivity contribution in [2.45, 2.75) is 26.7 Å². The Morgan fingerprint density at radius 2 is 2.16 bits per heavy atom. The lowest BCUT2D eigenvalue weighted by Crippen LogP contribution is -2.23. The molecule has 0 unspecified atom stereocenters. The van der Waals surface area contributed by atoms with Crippen LogP contribution in [-0.4, -0.2) is 12.5 Å². The van der Waals surface area contributed by atoms with Crippen molar-refractivity contribution in [3.63, 3.8) is 0 Å². The minimum atomic E-state index is -0.606. The molecule has 5 heteroatoms. The number of carbonyl (C=O) groups excluding carboxylic acids is 1. The first-order chi connectivity index (χ1) is 8.93. The molecule has 1 aromatic carbocycles. The van der Waals surface area contributed by atoms with E-state index in [-0.39, 0.29) is 22.5 Å². The zero-order valence-corrected chi connectivity index (χ0v) is 12.0. The van der Waals surface area contributed by atoms with Crippen molar-refractivity contribution in [1.29, 1.82) is 0 Å². The van der Waals surface area contributed by atoms with Crippen LogP contribution in [0.15, 0.2) is 18.2 Å². The summed E-state index contributed by atoms with van der Waals surface area (Å²) in [4.78, 5) is 11.9. The van der Waals surface area contributed by atoms with Gasteiger partial charge in [0.1, 0.15) is 0 Å². The zero-order valence-electron chi connectivity index (χ0n) is 11.2. The lowest BCUT2D eigenvalue weighted by atomic mass is 9.94. The predicted molar refractivity (Wildman–Crippen MR) is 76.7 cm³/mol. The Balaban J connectivity index is 2.62. The topological polar surface area (TPSA) is 55.1 Å². The van der Waals surface area contributed by atoms with Gasteiger partial charge >= 0.3 is 0 Å². The van der Waals surface area contributed by atoms with Gasteiger partial charge in [0.05, 0.1) is 10.7 Å². The molecule has 0 heterocycles. The summed E-state index contributed by atoms with van der Waals surface area (Å²) in [5.41, 5.74) is 5.75. The Labute approximate surface area is 118 Å². The minimum Gasteiger partial charge on any atom is -0.330 e. The molecule has 0 aliphatic heterocycles. The second-order valence-electron chi connectivity index (χ2n) is 5.08. The summed E-state index contributed by atoms with van der Waals surface area (Å²) >= 11 is 5.65. The molecule has 0 radical (unpaired) electrons. The normalized spacial score (nSPS) is 12.5. The van der Waals surface area contributed by atoms with Gasteiger partial charge in [0.2, 0.25) is 5.91 Å². The molecule has 0 aliphatic carbocycles. The number of rotatable bonds is 6. The van der Waals surface area contributed by atoms with E-state index in [2.05, 4.69) is 19.2 Å². The average molecular weight is 287 g/mol. The van der Waals surface area contributed by atoms with Crippen LogP contribution in [0.2, 0.25) is 5.02 Å². The second kappa shape index (κ2) is 7.46. The second-order valence-corrected chi connectivity index (χ2v) is 5.49. The summed E-state index contributed by atoms with van der Waals surface area (Å²) in [6.45, 7) is 4.61. The van der Waals surface area contributed by atoms with E-state index in [1.54, 1.807) is 6.07 Å². The molecule has 0 bridgehead atoms. The quantitative estimate of drug-likeness (QED) is 0.842.